The number of aromatic hydroxyl groups is 1. The van der Waals surface area contributed by atoms with E-state index in [2.05, 4.69) is 0 Å². The zero-order valence-electron chi connectivity index (χ0n) is 8.20. The highest BCUT2D eigenvalue weighted by Crippen LogP contribution is 2.35. The highest BCUT2D eigenvalue weighted by molar-refractivity contribution is 5.47. The van der Waals surface area contributed by atoms with Gasteiger partial charge in [0.05, 0.1) is 12.7 Å². The molecule has 0 aliphatic rings. The lowest BCUT2D eigenvalue weighted by Gasteiger charge is -2.11. The lowest BCUT2D eigenvalue weighted by Crippen LogP contribution is -1.97. The quantitative estimate of drug-likeness (QED) is 0.811. The van der Waals surface area contributed by atoms with Gasteiger partial charge < -0.3 is 14.9 Å². The summed E-state index contributed by atoms with van der Waals surface area (Å²) in [4.78, 5) is 0. The van der Waals surface area contributed by atoms with E-state index in [4.69, 9.17) is 9.84 Å². The Morgan fingerprint density at radius 1 is 1.40 bits per heavy atom. The Kier molecular flexibility index (Phi) is 3.85. The van der Waals surface area contributed by atoms with Gasteiger partial charge in [-0.3, -0.25) is 0 Å². The number of methoxy groups -OCH3 is 1. The Morgan fingerprint density at radius 3 is 2.53 bits per heavy atom. The summed E-state index contributed by atoms with van der Waals surface area (Å²) in [6, 6.07) is 2.51. The predicted molar refractivity (Wildman–Crippen MR) is 50.4 cm³/mol. The third-order valence-corrected chi connectivity index (χ3v) is 2.04. The molecule has 1 rings (SSSR count). The molecule has 1 aromatic carbocycles. The van der Waals surface area contributed by atoms with E-state index >= 15 is 0 Å². The van der Waals surface area contributed by atoms with Crippen LogP contribution < -0.4 is 4.74 Å². The molecule has 0 heterocycles. The Bertz CT molecular complexity index is 340. The fraction of sp³-hybridized carbons (Fsp3) is 0.400. The first-order chi connectivity index (χ1) is 7.10. The summed E-state index contributed by atoms with van der Waals surface area (Å²) in [6.45, 7) is -0.219. The SMILES string of the molecule is COc1cc(CCO)c(O)c(C(F)F)c1. The van der Waals surface area contributed by atoms with Crippen molar-refractivity contribution in [3.05, 3.63) is 23.3 Å². The van der Waals surface area contributed by atoms with E-state index in [0.717, 1.165) is 6.07 Å². The highest BCUT2D eigenvalue weighted by Gasteiger charge is 2.17. The van der Waals surface area contributed by atoms with Crippen LogP contribution in [0.15, 0.2) is 12.1 Å². The second kappa shape index (κ2) is 4.93. The fourth-order valence-electron chi connectivity index (χ4n) is 1.28. The van der Waals surface area contributed by atoms with Crippen molar-refractivity contribution >= 4 is 0 Å². The average Bonchev–Trinajstić information content (AvgIpc) is 2.21. The second-order valence-electron chi connectivity index (χ2n) is 3.00. The monoisotopic (exact) mass is 218 g/mol. The Labute approximate surface area is 85.9 Å². The van der Waals surface area contributed by atoms with E-state index in [9.17, 15) is 13.9 Å². The molecule has 5 heteroatoms. The molecular formula is C10H12F2O3. The number of benzene rings is 1. The van der Waals surface area contributed by atoms with E-state index < -0.39 is 17.7 Å². The van der Waals surface area contributed by atoms with Gasteiger partial charge in [-0.1, -0.05) is 0 Å². The second-order valence-corrected chi connectivity index (χ2v) is 3.00. The normalized spacial score (nSPS) is 10.7. The Balaban J connectivity index is 3.20. The molecule has 15 heavy (non-hydrogen) atoms. The highest BCUT2D eigenvalue weighted by atomic mass is 19.3. The standard InChI is InChI=1S/C10H12F2O3/c1-15-7-4-6(2-3-13)9(14)8(5-7)10(11)12/h4-5,10,13-14H,2-3H2,1H3. The summed E-state index contributed by atoms with van der Waals surface area (Å²) in [5, 5.41) is 18.2. The number of ether oxygens (including phenoxy) is 1. The van der Waals surface area contributed by atoms with Gasteiger partial charge >= 0.3 is 0 Å². The number of phenols is 1. The van der Waals surface area contributed by atoms with Crippen LogP contribution in [0.4, 0.5) is 8.78 Å². The van der Waals surface area contributed by atoms with Gasteiger partial charge in [-0.25, -0.2) is 8.78 Å². The van der Waals surface area contributed by atoms with Crippen LogP contribution in [0.2, 0.25) is 0 Å². The van der Waals surface area contributed by atoms with E-state index in [1.807, 2.05) is 0 Å². The first-order valence-electron chi connectivity index (χ1n) is 4.39. The van der Waals surface area contributed by atoms with Crippen LogP contribution in [0.1, 0.15) is 17.6 Å². The van der Waals surface area contributed by atoms with Crippen molar-refractivity contribution in [2.45, 2.75) is 12.8 Å². The molecule has 0 unspecified atom stereocenters. The minimum atomic E-state index is -2.77. The molecule has 0 aromatic heterocycles. The van der Waals surface area contributed by atoms with E-state index in [1.54, 1.807) is 0 Å². The van der Waals surface area contributed by atoms with Gasteiger partial charge in [-0.2, -0.15) is 0 Å². The molecule has 0 bridgehead atoms. The number of halogens is 2. The summed E-state index contributed by atoms with van der Waals surface area (Å²) < 4.78 is 29.8. The third kappa shape index (κ3) is 2.56. The molecule has 0 atom stereocenters. The molecule has 0 saturated heterocycles. The van der Waals surface area contributed by atoms with E-state index in [0.29, 0.717) is 0 Å². The lowest BCUT2D eigenvalue weighted by molar-refractivity contribution is 0.146. The number of aliphatic hydroxyl groups is 1. The van der Waals surface area contributed by atoms with Crippen molar-refractivity contribution < 1.29 is 23.7 Å². The van der Waals surface area contributed by atoms with Gasteiger partial charge in [0.25, 0.3) is 6.43 Å². The Morgan fingerprint density at radius 2 is 2.07 bits per heavy atom. The number of phenolic OH excluding ortho intramolecular Hbond substituents is 1. The maximum Gasteiger partial charge on any atom is 0.267 e. The van der Waals surface area contributed by atoms with Crippen LogP contribution in [0.5, 0.6) is 11.5 Å². The van der Waals surface area contributed by atoms with Crippen molar-refractivity contribution in [2.24, 2.45) is 0 Å². The summed E-state index contributed by atoms with van der Waals surface area (Å²) >= 11 is 0. The van der Waals surface area contributed by atoms with Gasteiger partial charge in [-0.05, 0) is 18.6 Å². The molecule has 0 saturated carbocycles. The molecule has 3 nitrogen and oxygen atoms in total. The molecule has 0 fully saturated rings. The van der Waals surface area contributed by atoms with Crippen LogP contribution in [-0.2, 0) is 6.42 Å². The number of alkyl halides is 2. The third-order valence-electron chi connectivity index (χ3n) is 2.04. The first-order valence-corrected chi connectivity index (χ1v) is 4.39. The maximum absolute atomic E-state index is 12.5. The van der Waals surface area contributed by atoms with Gasteiger partial charge in [0, 0.05) is 12.2 Å². The van der Waals surface area contributed by atoms with Gasteiger partial charge in [0.1, 0.15) is 11.5 Å². The smallest absolute Gasteiger partial charge is 0.267 e. The van der Waals surface area contributed by atoms with Crippen molar-refractivity contribution in [2.75, 3.05) is 13.7 Å². The van der Waals surface area contributed by atoms with Crippen molar-refractivity contribution in [1.82, 2.24) is 0 Å². The van der Waals surface area contributed by atoms with Crippen molar-refractivity contribution in [1.29, 1.82) is 0 Å². The first kappa shape index (κ1) is 11.7. The Hall–Kier alpha value is -1.36. The molecule has 84 valence electrons. The number of aliphatic hydroxyl groups excluding tert-OH is 1. The van der Waals surface area contributed by atoms with Gasteiger partial charge in [0.15, 0.2) is 0 Å². The molecule has 0 radical (unpaired) electrons. The lowest BCUT2D eigenvalue weighted by atomic mass is 10.1. The summed E-state index contributed by atoms with van der Waals surface area (Å²) in [5.41, 5.74) is -0.218. The van der Waals surface area contributed by atoms with Crippen molar-refractivity contribution in [3.63, 3.8) is 0 Å². The van der Waals surface area contributed by atoms with Crippen LogP contribution in [0.25, 0.3) is 0 Å². The van der Waals surface area contributed by atoms with Crippen LogP contribution in [-0.4, -0.2) is 23.9 Å². The van der Waals surface area contributed by atoms with Crippen molar-refractivity contribution in [3.8, 4) is 11.5 Å². The molecule has 0 aliphatic carbocycles. The zero-order chi connectivity index (χ0) is 11.4. The topological polar surface area (TPSA) is 49.7 Å². The molecule has 0 aliphatic heterocycles. The number of rotatable bonds is 4. The van der Waals surface area contributed by atoms with Crippen LogP contribution in [0.3, 0.4) is 0 Å². The maximum atomic E-state index is 12.5. The fourth-order valence-corrected chi connectivity index (χ4v) is 1.28. The summed E-state index contributed by atoms with van der Waals surface area (Å²) in [6.07, 6.45) is -2.65. The zero-order valence-corrected chi connectivity index (χ0v) is 8.20. The summed E-state index contributed by atoms with van der Waals surface area (Å²) in [7, 11) is 1.35. The predicted octanol–water partition coefficient (Wildman–Crippen LogP) is 1.87. The van der Waals surface area contributed by atoms with Crippen LogP contribution in [0, 0.1) is 0 Å². The number of hydrogen-bond donors (Lipinski definition) is 2. The van der Waals surface area contributed by atoms with E-state index in [-0.39, 0.29) is 24.3 Å². The molecule has 1 aromatic rings. The van der Waals surface area contributed by atoms with Gasteiger partial charge in [-0.15, -0.1) is 0 Å². The largest absolute Gasteiger partial charge is 0.507 e. The minimum absolute atomic E-state index is 0.114. The van der Waals surface area contributed by atoms with Gasteiger partial charge in [0.2, 0.25) is 0 Å². The summed E-state index contributed by atoms with van der Waals surface area (Å²) in [5.74, 6) is -0.230. The molecule has 2 N–H and O–H groups in total. The molecule has 0 spiro atoms. The molecule has 0 amide bonds. The van der Waals surface area contributed by atoms with E-state index in [1.165, 1.54) is 13.2 Å². The van der Waals surface area contributed by atoms with Crippen LogP contribution >= 0.6 is 0 Å². The minimum Gasteiger partial charge on any atom is -0.507 e. The number of hydrogen-bond acceptors (Lipinski definition) is 3. The average molecular weight is 218 g/mol. The molecular weight excluding hydrogens is 206 g/mol.